The average Bonchev–Trinajstić information content (AvgIpc) is 2.87. The van der Waals surface area contributed by atoms with Crippen LogP contribution in [0.3, 0.4) is 0 Å². The first-order chi connectivity index (χ1) is 13.3. The molecule has 0 atom stereocenters. The van der Waals surface area contributed by atoms with Crippen molar-refractivity contribution in [3.8, 4) is 0 Å². The Morgan fingerprint density at radius 1 is 1.11 bits per heavy atom. The van der Waals surface area contributed by atoms with E-state index in [0.717, 1.165) is 41.2 Å². The number of hydrogen-bond acceptors (Lipinski definition) is 4. The third-order valence-corrected chi connectivity index (χ3v) is 7.32. The van der Waals surface area contributed by atoms with Crippen LogP contribution in [0.15, 0.2) is 41.3 Å². The van der Waals surface area contributed by atoms with Crippen LogP contribution < -0.4 is 5.32 Å². The summed E-state index contributed by atoms with van der Waals surface area (Å²) >= 11 is 0. The normalized spacial score (nSPS) is 17.4. The fraction of sp³-hybridized carbons (Fsp3) is 0.333. The van der Waals surface area contributed by atoms with E-state index < -0.39 is 22.0 Å². The van der Waals surface area contributed by atoms with Gasteiger partial charge in [0.25, 0.3) is 21.8 Å². The molecule has 2 amide bonds. The zero-order valence-electron chi connectivity index (χ0n) is 15.9. The van der Waals surface area contributed by atoms with Crippen LogP contribution in [0.2, 0.25) is 0 Å². The van der Waals surface area contributed by atoms with Crippen molar-refractivity contribution >= 4 is 27.5 Å². The molecule has 4 rings (SSSR count). The molecule has 28 heavy (non-hydrogen) atoms. The van der Waals surface area contributed by atoms with Crippen molar-refractivity contribution < 1.29 is 18.0 Å². The van der Waals surface area contributed by atoms with Crippen LogP contribution in [0, 0.1) is 0 Å². The summed E-state index contributed by atoms with van der Waals surface area (Å²) in [4.78, 5) is 25.1. The van der Waals surface area contributed by atoms with E-state index in [4.69, 9.17) is 0 Å². The number of nitrogens with zero attached hydrogens (tertiary/aromatic N) is 1. The molecule has 0 saturated carbocycles. The van der Waals surface area contributed by atoms with Gasteiger partial charge in [0, 0.05) is 17.3 Å². The second-order valence-corrected chi connectivity index (χ2v) is 9.30. The van der Waals surface area contributed by atoms with E-state index in [9.17, 15) is 18.0 Å². The van der Waals surface area contributed by atoms with Crippen molar-refractivity contribution in [1.29, 1.82) is 0 Å². The van der Waals surface area contributed by atoms with Gasteiger partial charge >= 0.3 is 0 Å². The van der Waals surface area contributed by atoms with Crippen LogP contribution in [-0.4, -0.2) is 30.6 Å². The zero-order chi connectivity index (χ0) is 20.1. The first-order valence-corrected chi connectivity index (χ1v) is 10.9. The van der Waals surface area contributed by atoms with Crippen molar-refractivity contribution in [1.82, 2.24) is 4.31 Å². The summed E-state index contributed by atoms with van der Waals surface area (Å²) in [6, 6.07) is 9.61. The quantitative estimate of drug-likeness (QED) is 0.859. The number of anilines is 1. The van der Waals surface area contributed by atoms with E-state index in [1.807, 2.05) is 12.1 Å². The van der Waals surface area contributed by atoms with Gasteiger partial charge in [-0.3, -0.25) is 9.59 Å². The minimum absolute atomic E-state index is 0.103. The van der Waals surface area contributed by atoms with Gasteiger partial charge < -0.3 is 5.32 Å². The Bertz CT molecular complexity index is 1090. The fourth-order valence-corrected chi connectivity index (χ4v) is 5.79. The van der Waals surface area contributed by atoms with E-state index in [-0.39, 0.29) is 21.9 Å². The lowest BCUT2D eigenvalue weighted by Crippen LogP contribution is -2.36. The Morgan fingerprint density at radius 3 is 2.61 bits per heavy atom. The standard InChI is InChI=1S/C21H22N2O4S/c1-13(2)23-21(25)17-11-10-15(12-19(17)28(23,26)27)20(24)22-18-9-5-7-14-6-3-4-8-16(14)18/h5,7,9-13H,3-4,6,8H2,1-2H3,(H,22,24). The number of carbonyl (C=O) groups is 2. The summed E-state index contributed by atoms with van der Waals surface area (Å²) in [6.45, 7) is 3.29. The number of aryl methyl sites for hydroxylation is 1. The zero-order valence-corrected chi connectivity index (χ0v) is 16.7. The Labute approximate surface area is 164 Å². The summed E-state index contributed by atoms with van der Waals surface area (Å²) in [6.07, 6.45) is 4.16. The number of fused-ring (bicyclic) bond motifs is 2. The second kappa shape index (κ2) is 6.74. The minimum Gasteiger partial charge on any atom is -0.322 e. The van der Waals surface area contributed by atoms with Gasteiger partial charge in [0.05, 0.1) is 5.56 Å². The number of benzene rings is 2. The van der Waals surface area contributed by atoms with Gasteiger partial charge in [-0.2, -0.15) is 0 Å². The molecule has 0 fully saturated rings. The smallest absolute Gasteiger partial charge is 0.269 e. The van der Waals surface area contributed by atoms with Crippen molar-refractivity contribution in [2.24, 2.45) is 0 Å². The molecule has 0 unspecified atom stereocenters. The van der Waals surface area contributed by atoms with Gasteiger partial charge in [-0.25, -0.2) is 12.7 Å². The molecule has 0 radical (unpaired) electrons. The van der Waals surface area contributed by atoms with E-state index in [1.54, 1.807) is 13.8 Å². The third kappa shape index (κ3) is 2.90. The van der Waals surface area contributed by atoms with Crippen LogP contribution in [0.5, 0.6) is 0 Å². The van der Waals surface area contributed by atoms with Crippen molar-refractivity contribution in [3.05, 3.63) is 58.7 Å². The van der Waals surface area contributed by atoms with Crippen LogP contribution in [0.1, 0.15) is 58.5 Å². The minimum atomic E-state index is -3.93. The Hall–Kier alpha value is -2.67. The number of rotatable bonds is 3. The van der Waals surface area contributed by atoms with Crippen molar-refractivity contribution in [3.63, 3.8) is 0 Å². The topological polar surface area (TPSA) is 83.6 Å². The number of hydrogen-bond donors (Lipinski definition) is 1. The second-order valence-electron chi connectivity index (χ2n) is 7.52. The highest BCUT2D eigenvalue weighted by Gasteiger charge is 2.42. The molecule has 7 heteroatoms. The van der Waals surface area contributed by atoms with Gasteiger partial charge in [-0.05, 0) is 74.9 Å². The Morgan fingerprint density at radius 2 is 1.86 bits per heavy atom. The van der Waals surface area contributed by atoms with Gasteiger partial charge in [0.2, 0.25) is 0 Å². The molecule has 1 N–H and O–H groups in total. The van der Waals surface area contributed by atoms with E-state index in [0.29, 0.717) is 0 Å². The maximum atomic E-state index is 12.8. The van der Waals surface area contributed by atoms with Crippen LogP contribution in [0.25, 0.3) is 0 Å². The summed E-state index contributed by atoms with van der Waals surface area (Å²) in [5.41, 5.74) is 3.50. The SMILES string of the molecule is CC(C)N1C(=O)c2ccc(C(=O)Nc3cccc4c3CCCC4)cc2S1(=O)=O. The number of sulfonamides is 1. The highest BCUT2D eigenvalue weighted by Crippen LogP contribution is 2.33. The fourth-order valence-electron chi connectivity index (χ4n) is 3.99. The molecule has 0 saturated heterocycles. The molecule has 0 bridgehead atoms. The molecule has 6 nitrogen and oxygen atoms in total. The predicted molar refractivity (Wildman–Crippen MR) is 106 cm³/mol. The molecular weight excluding hydrogens is 376 g/mol. The number of nitrogens with one attached hydrogen (secondary N) is 1. The van der Waals surface area contributed by atoms with E-state index in [2.05, 4.69) is 11.4 Å². The Kier molecular flexibility index (Phi) is 4.50. The predicted octanol–water partition coefficient (Wildman–Crippen LogP) is 3.37. The van der Waals surface area contributed by atoms with Gasteiger partial charge in [-0.15, -0.1) is 0 Å². The van der Waals surface area contributed by atoms with Crippen molar-refractivity contribution in [2.45, 2.75) is 50.5 Å². The molecule has 146 valence electrons. The largest absolute Gasteiger partial charge is 0.322 e. The first-order valence-electron chi connectivity index (χ1n) is 9.45. The van der Waals surface area contributed by atoms with Gasteiger partial charge in [0.1, 0.15) is 4.90 Å². The highest BCUT2D eigenvalue weighted by atomic mass is 32.2. The lowest BCUT2D eigenvalue weighted by atomic mass is 9.90. The highest BCUT2D eigenvalue weighted by molar-refractivity contribution is 7.90. The first kappa shape index (κ1) is 18.7. The molecule has 1 aliphatic heterocycles. The van der Waals surface area contributed by atoms with Gasteiger partial charge in [-0.1, -0.05) is 12.1 Å². The molecule has 2 aromatic rings. The summed E-state index contributed by atoms with van der Waals surface area (Å²) in [5.74, 6) is -0.929. The maximum absolute atomic E-state index is 12.8. The lowest BCUT2D eigenvalue weighted by molar-refractivity contribution is 0.0846. The molecule has 2 aliphatic rings. The molecule has 0 aromatic heterocycles. The van der Waals surface area contributed by atoms with Gasteiger partial charge in [0.15, 0.2) is 0 Å². The lowest BCUT2D eigenvalue weighted by Gasteiger charge is -2.19. The number of amides is 2. The summed E-state index contributed by atoms with van der Waals surface area (Å²) in [5, 5.41) is 2.92. The summed E-state index contributed by atoms with van der Waals surface area (Å²) < 4.78 is 26.3. The van der Waals surface area contributed by atoms with E-state index in [1.165, 1.54) is 23.8 Å². The monoisotopic (exact) mass is 398 g/mol. The molecule has 2 aromatic carbocycles. The third-order valence-electron chi connectivity index (χ3n) is 5.32. The van der Waals surface area contributed by atoms with Crippen LogP contribution >= 0.6 is 0 Å². The van der Waals surface area contributed by atoms with E-state index >= 15 is 0 Å². The molecular formula is C21H22N2O4S. The molecule has 0 spiro atoms. The maximum Gasteiger partial charge on any atom is 0.269 e. The Balaban J connectivity index is 1.67. The van der Waals surface area contributed by atoms with Crippen LogP contribution in [-0.2, 0) is 22.9 Å². The molecule has 1 aliphatic carbocycles. The molecule has 1 heterocycles. The number of carbonyl (C=O) groups excluding carboxylic acids is 2. The van der Waals surface area contributed by atoms with Crippen LogP contribution in [0.4, 0.5) is 5.69 Å². The average molecular weight is 398 g/mol. The van der Waals surface area contributed by atoms with Crippen molar-refractivity contribution in [2.75, 3.05) is 5.32 Å². The summed E-state index contributed by atoms with van der Waals surface area (Å²) in [7, 11) is -3.93.